The van der Waals surface area contributed by atoms with Crippen molar-refractivity contribution in [1.29, 1.82) is 0 Å². The molecule has 0 aliphatic rings. The van der Waals surface area contributed by atoms with Gasteiger partial charge in [-0.1, -0.05) is 6.07 Å². The van der Waals surface area contributed by atoms with Crippen molar-refractivity contribution in [1.82, 2.24) is 4.90 Å². The number of aliphatic hydroxyl groups excluding tert-OH is 1. The van der Waals surface area contributed by atoms with E-state index in [1.54, 1.807) is 7.05 Å². The maximum Gasteiger partial charge on any atom is 0.219 e. The summed E-state index contributed by atoms with van der Waals surface area (Å²) in [6.07, 6.45) is -0.889. The summed E-state index contributed by atoms with van der Waals surface area (Å²) >= 11 is 0. The predicted molar refractivity (Wildman–Crippen MR) is 58.0 cm³/mol. The van der Waals surface area contributed by atoms with Gasteiger partial charge in [-0.2, -0.15) is 0 Å². The lowest BCUT2D eigenvalue weighted by molar-refractivity contribution is -0.128. The highest BCUT2D eigenvalue weighted by atomic mass is 16.3. The van der Waals surface area contributed by atoms with E-state index in [1.807, 2.05) is 0 Å². The predicted octanol–water partition coefficient (Wildman–Crippen LogP) is 0.609. The molecule has 1 atom stereocenters. The monoisotopic (exact) mass is 225 g/mol. The maximum atomic E-state index is 11.0. The second kappa shape index (κ2) is 4.85. The largest absolute Gasteiger partial charge is 0.504 e. The molecule has 5 heteroatoms. The molecule has 0 saturated carbocycles. The molecule has 0 bridgehead atoms. The van der Waals surface area contributed by atoms with Crippen LogP contribution >= 0.6 is 0 Å². The van der Waals surface area contributed by atoms with Crippen LogP contribution in [0.1, 0.15) is 18.6 Å². The summed E-state index contributed by atoms with van der Waals surface area (Å²) in [5.41, 5.74) is 0.448. The Morgan fingerprint density at radius 2 is 2.00 bits per heavy atom. The molecular weight excluding hydrogens is 210 g/mol. The average Bonchev–Trinajstić information content (AvgIpc) is 2.21. The molecule has 0 aliphatic heterocycles. The number of aromatic hydroxyl groups is 2. The lowest BCUT2D eigenvalue weighted by atomic mass is 10.1. The van der Waals surface area contributed by atoms with E-state index in [2.05, 4.69) is 0 Å². The molecule has 5 nitrogen and oxygen atoms in total. The van der Waals surface area contributed by atoms with Crippen molar-refractivity contribution in [2.24, 2.45) is 0 Å². The van der Waals surface area contributed by atoms with Crippen LogP contribution in [0.3, 0.4) is 0 Å². The highest BCUT2D eigenvalue weighted by Crippen LogP contribution is 2.27. The van der Waals surface area contributed by atoms with Crippen molar-refractivity contribution in [2.75, 3.05) is 13.6 Å². The van der Waals surface area contributed by atoms with Crippen LogP contribution in [-0.2, 0) is 4.79 Å². The lowest BCUT2D eigenvalue weighted by Crippen LogP contribution is -2.28. The van der Waals surface area contributed by atoms with Gasteiger partial charge >= 0.3 is 0 Å². The number of benzene rings is 1. The number of carbonyl (C=O) groups is 1. The van der Waals surface area contributed by atoms with Crippen molar-refractivity contribution in [2.45, 2.75) is 13.0 Å². The Balaban J connectivity index is 2.76. The molecule has 3 N–H and O–H groups in total. The summed E-state index contributed by atoms with van der Waals surface area (Å²) < 4.78 is 0. The number of hydrogen-bond acceptors (Lipinski definition) is 4. The van der Waals surface area contributed by atoms with Gasteiger partial charge < -0.3 is 20.2 Å². The van der Waals surface area contributed by atoms with Gasteiger partial charge in [-0.15, -0.1) is 0 Å². The van der Waals surface area contributed by atoms with E-state index < -0.39 is 6.10 Å². The van der Waals surface area contributed by atoms with E-state index in [0.717, 1.165) is 0 Å². The smallest absolute Gasteiger partial charge is 0.219 e. The van der Waals surface area contributed by atoms with Gasteiger partial charge in [0.15, 0.2) is 11.5 Å². The van der Waals surface area contributed by atoms with Crippen LogP contribution in [0.5, 0.6) is 11.5 Å². The average molecular weight is 225 g/mol. The van der Waals surface area contributed by atoms with E-state index in [9.17, 15) is 15.0 Å². The summed E-state index contributed by atoms with van der Waals surface area (Å²) in [5.74, 6) is -0.681. The molecule has 0 radical (unpaired) electrons. The Labute approximate surface area is 93.6 Å². The maximum absolute atomic E-state index is 11.0. The molecule has 0 spiro atoms. The minimum atomic E-state index is -0.889. The summed E-state index contributed by atoms with van der Waals surface area (Å²) in [7, 11) is 1.58. The number of carbonyl (C=O) groups excluding carboxylic acids is 1. The first kappa shape index (κ1) is 12.3. The standard InChI is InChI=1S/C11H15NO4/c1-7(13)12(2)6-11(16)8-3-4-9(14)10(15)5-8/h3-5,11,14-16H,6H2,1-2H3/t11-/m1/s1. The Morgan fingerprint density at radius 1 is 1.38 bits per heavy atom. The van der Waals surface area contributed by atoms with Crippen molar-refractivity contribution < 1.29 is 20.1 Å². The van der Waals surface area contributed by atoms with Gasteiger partial charge in [0, 0.05) is 14.0 Å². The zero-order valence-corrected chi connectivity index (χ0v) is 9.21. The van der Waals surface area contributed by atoms with Gasteiger partial charge in [-0.3, -0.25) is 4.79 Å². The number of nitrogens with zero attached hydrogens (tertiary/aromatic N) is 1. The number of likely N-dealkylation sites (N-methyl/N-ethyl adjacent to an activating group) is 1. The molecule has 0 heterocycles. The summed E-state index contributed by atoms with van der Waals surface area (Å²) in [6.45, 7) is 1.54. The third-order valence-corrected chi connectivity index (χ3v) is 2.37. The zero-order chi connectivity index (χ0) is 12.3. The fourth-order valence-corrected chi connectivity index (χ4v) is 1.24. The number of hydrogen-bond donors (Lipinski definition) is 3. The number of rotatable bonds is 3. The lowest BCUT2D eigenvalue weighted by Gasteiger charge is -2.19. The second-order valence-electron chi connectivity index (χ2n) is 3.66. The fourth-order valence-electron chi connectivity index (χ4n) is 1.24. The highest BCUT2D eigenvalue weighted by Gasteiger charge is 2.13. The first-order valence-electron chi connectivity index (χ1n) is 4.83. The Kier molecular flexibility index (Phi) is 3.73. The Bertz CT molecular complexity index is 392. The van der Waals surface area contributed by atoms with Gasteiger partial charge in [-0.25, -0.2) is 0 Å². The Morgan fingerprint density at radius 3 is 2.50 bits per heavy atom. The fraction of sp³-hybridized carbons (Fsp3) is 0.364. The van der Waals surface area contributed by atoms with Gasteiger partial charge in [0.05, 0.1) is 12.6 Å². The summed E-state index contributed by atoms with van der Waals surface area (Å²) in [5, 5.41) is 28.1. The van der Waals surface area contributed by atoms with Crippen LogP contribution in [0, 0.1) is 0 Å². The van der Waals surface area contributed by atoms with E-state index in [4.69, 9.17) is 5.11 Å². The molecule has 16 heavy (non-hydrogen) atoms. The number of phenols is 2. The molecule has 1 aromatic rings. The van der Waals surface area contributed by atoms with Crippen LogP contribution in [0.25, 0.3) is 0 Å². The molecule has 0 aromatic heterocycles. The van der Waals surface area contributed by atoms with Crippen LogP contribution in [0.2, 0.25) is 0 Å². The summed E-state index contributed by atoms with van der Waals surface area (Å²) in [6, 6.07) is 4.06. The third-order valence-electron chi connectivity index (χ3n) is 2.37. The number of amides is 1. The highest BCUT2D eigenvalue weighted by molar-refractivity contribution is 5.72. The van der Waals surface area contributed by atoms with E-state index in [1.165, 1.54) is 30.0 Å². The molecule has 1 rings (SSSR count). The van der Waals surface area contributed by atoms with Gasteiger partial charge in [0.1, 0.15) is 0 Å². The van der Waals surface area contributed by atoms with Gasteiger partial charge in [-0.05, 0) is 17.7 Å². The minimum Gasteiger partial charge on any atom is -0.504 e. The minimum absolute atomic E-state index is 0.138. The van der Waals surface area contributed by atoms with E-state index in [-0.39, 0.29) is 24.0 Å². The zero-order valence-electron chi connectivity index (χ0n) is 9.21. The SMILES string of the molecule is CC(=O)N(C)C[C@@H](O)c1ccc(O)c(O)c1. The third kappa shape index (κ3) is 2.87. The van der Waals surface area contributed by atoms with Crippen molar-refractivity contribution >= 4 is 5.91 Å². The molecule has 0 aliphatic carbocycles. The Hall–Kier alpha value is -1.75. The normalized spacial score (nSPS) is 12.2. The van der Waals surface area contributed by atoms with Crippen LogP contribution in [0.4, 0.5) is 0 Å². The second-order valence-corrected chi connectivity index (χ2v) is 3.66. The van der Waals surface area contributed by atoms with Crippen LogP contribution in [-0.4, -0.2) is 39.7 Å². The molecule has 1 amide bonds. The molecule has 88 valence electrons. The van der Waals surface area contributed by atoms with Gasteiger partial charge in [0.2, 0.25) is 5.91 Å². The number of phenolic OH excluding ortho intramolecular Hbond substituents is 2. The van der Waals surface area contributed by atoms with Gasteiger partial charge in [0.25, 0.3) is 0 Å². The van der Waals surface area contributed by atoms with Crippen molar-refractivity contribution in [3.8, 4) is 11.5 Å². The summed E-state index contributed by atoms with van der Waals surface area (Å²) in [4.78, 5) is 12.3. The van der Waals surface area contributed by atoms with Crippen molar-refractivity contribution in [3.05, 3.63) is 23.8 Å². The molecule has 1 aromatic carbocycles. The van der Waals surface area contributed by atoms with E-state index >= 15 is 0 Å². The number of aliphatic hydroxyl groups is 1. The van der Waals surface area contributed by atoms with Crippen LogP contribution < -0.4 is 0 Å². The van der Waals surface area contributed by atoms with Crippen molar-refractivity contribution in [3.63, 3.8) is 0 Å². The quantitative estimate of drug-likeness (QED) is 0.658. The topological polar surface area (TPSA) is 81.0 Å². The molecule has 0 fully saturated rings. The van der Waals surface area contributed by atoms with E-state index in [0.29, 0.717) is 5.56 Å². The molecule has 0 saturated heterocycles. The first-order chi connectivity index (χ1) is 7.41. The van der Waals surface area contributed by atoms with Crippen LogP contribution in [0.15, 0.2) is 18.2 Å². The molecular formula is C11H15NO4. The first-order valence-corrected chi connectivity index (χ1v) is 4.83. The molecule has 0 unspecified atom stereocenters.